The molecule has 1 fully saturated rings. The van der Waals surface area contributed by atoms with Gasteiger partial charge in [0.05, 0.1) is 22.5 Å². The van der Waals surface area contributed by atoms with E-state index in [1.165, 1.54) is 30.3 Å². The van der Waals surface area contributed by atoms with Crippen LogP contribution in [0, 0.1) is 11.7 Å². The normalized spacial score (nSPS) is 15.8. The van der Waals surface area contributed by atoms with Gasteiger partial charge in [0.25, 0.3) is 5.91 Å². The molecule has 2 amide bonds. The molecule has 0 aromatic heterocycles. The molecule has 1 unspecified atom stereocenters. The first kappa shape index (κ1) is 21.7. The van der Waals surface area contributed by atoms with Crippen LogP contribution in [0.3, 0.4) is 0 Å². The largest absolute Gasteiger partial charge is 0.457 e. The Bertz CT molecular complexity index is 1010. The summed E-state index contributed by atoms with van der Waals surface area (Å²) in [7, 11) is 0. The molecule has 1 heterocycles. The number of nitrogens with zero attached hydrogens (tertiary/aromatic N) is 1. The third-order valence-corrected chi connectivity index (χ3v) is 5.13. The molecule has 156 valence electrons. The summed E-state index contributed by atoms with van der Waals surface area (Å²) in [5.41, 5.74) is 2.79. The van der Waals surface area contributed by atoms with Crippen LogP contribution in [-0.2, 0) is 14.3 Å². The SMILES string of the molecule is O=C(COC(=O)C1CC(=O)N(NC(=O)c2ccc(Cl)c(Cl)c2)C1)c1ccc(F)cc1. The lowest BCUT2D eigenvalue weighted by atomic mass is 10.1. The van der Waals surface area contributed by atoms with Crippen molar-refractivity contribution < 1.29 is 28.3 Å². The average molecular weight is 453 g/mol. The Labute approximate surface area is 180 Å². The summed E-state index contributed by atoms with van der Waals surface area (Å²) in [6, 6.07) is 9.06. The molecule has 1 saturated heterocycles. The minimum absolute atomic E-state index is 0.102. The predicted molar refractivity (Wildman–Crippen MR) is 105 cm³/mol. The van der Waals surface area contributed by atoms with E-state index in [1.54, 1.807) is 0 Å². The number of carbonyl (C=O) groups excluding carboxylic acids is 4. The van der Waals surface area contributed by atoms with Gasteiger partial charge in [0, 0.05) is 17.5 Å². The summed E-state index contributed by atoms with van der Waals surface area (Å²) in [4.78, 5) is 48.6. The van der Waals surface area contributed by atoms with E-state index in [9.17, 15) is 23.6 Å². The first-order valence-electron chi connectivity index (χ1n) is 8.76. The number of nitrogens with one attached hydrogen (secondary N) is 1. The first-order valence-corrected chi connectivity index (χ1v) is 9.52. The zero-order chi connectivity index (χ0) is 21.8. The van der Waals surface area contributed by atoms with E-state index in [-0.39, 0.29) is 34.1 Å². The van der Waals surface area contributed by atoms with Crippen molar-refractivity contribution in [2.24, 2.45) is 5.92 Å². The van der Waals surface area contributed by atoms with E-state index >= 15 is 0 Å². The number of hydrogen-bond donors (Lipinski definition) is 1. The van der Waals surface area contributed by atoms with Crippen LogP contribution in [0.4, 0.5) is 4.39 Å². The summed E-state index contributed by atoms with van der Waals surface area (Å²) in [5.74, 6) is -3.65. The zero-order valence-corrected chi connectivity index (χ0v) is 16.9. The Morgan fingerprint density at radius 2 is 1.73 bits per heavy atom. The zero-order valence-electron chi connectivity index (χ0n) is 15.4. The van der Waals surface area contributed by atoms with Crippen LogP contribution in [0.2, 0.25) is 10.0 Å². The highest BCUT2D eigenvalue weighted by atomic mass is 35.5. The molecular formula is C20H15Cl2FN2O5. The second-order valence-corrected chi connectivity index (χ2v) is 7.33. The van der Waals surface area contributed by atoms with Crippen LogP contribution in [-0.4, -0.2) is 41.7 Å². The van der Waals surface area contributed by atoms with Gasteiger partial charge in [-0.2, -0.15) is 0 Å². The summed E-state index contributed by atoms with van der Waals surface area (Å²) in [6.45, 7) is -0.639. The molecule has 0 saturated carbocycles. The van der Waals surface area contributed by atoms with Crippen molar-refractivity contribution in [2.45, 2.75) is 6.42 Å². The lowest BCUT2D eigenvalue weighted by Gasteiger charge is -2.17. The van der Waals surface area contributed by atoms with Gasteiger partial charge < -0.3 is 4.74 Å². The fourth-order valence-corrected chi connectivity index (χ4v) is 3.07. The van der Waals surface area contributed by atoms with Crippen LogP contribution in [0.15, 0.2) is 42.5 Å². The first-order chi connectivity index (χ1) is 14.2. The van der Waals surface area contributed by atoms with E-state index in [2.05, 4.69) is 5.43 Å². The second-order valence-electron chi connectivity index (χ2n) is 6.51. The molecule has 0 radical (unpaired) electrons. The topological polar surface area (TPSA) is 92.8 Å². The number of esters is 1. The van der Waals surface area contributed by atoms with Crippen LogP contribution < -0.4 is 5.43 Å². The maximum absolute atomic E-state index is 12.9. The Morgan fingerprint density at radius 1 is 1.07 bits per heavy atom. The van der Waals surface area contributed by atoms with Gasteiger partial charge in [-0.05, 0) is 42.5 Å². The highest BCUT2D eigenvalue weighted by Gasteiger charge is 2.36. The number of Topliss-reactive ketones (excluding diaryl/α,β-unsaturated/α-hetero) is 1. The van der Waals surface area contributed by atoms with Crippen LogP contribution in [0.5, 0.6) is 0 Å². The number of hydrazine groups is 1. The molecule has 3 rings (SSSR count). The average Bonchev–Trinajstić information content (AvgIpc) is 3.08. The summed E-state index contributed by atoms with van der Waals surface area (Å²) < 4.78 is 17.9. The molecule has 10 heteroatoms. The Balaban J connectivity index is 1.53. The Hall–Kier alpha value is -2.97. The molecule has 1 N–H and O–H groups in total. The van der Waals surface area contributed by atoms with Gasteiger partial charge in [0.2, 0.25) is 5.91 Å². The lowest BCUT2D eigenvalue weighted by molar-refractivity contribution is -0.147. The lowest BCUT2D eigenvalue weighted by Crippen LogP contribution is -2.43. The number of amides is 2. The van der Waals surface area contributed by atoms with Gasteiger partial charge in [0.15, 0.2) is 12.4 Å². The fraction of sp³-hybridized carbons (Fsp3) is 0.200. The molecule has 0 bridgehead atoms. The van der Waals surface area contributed by atoms with Crippen molar-refractivity contribution in [3.8, 4) is 0 Å². The molecule has 1 aliphatic heterocycles. The van der Waals surface area contributed by atoms with E-state index in [0.717, 1.165) is 17.1 Å². The number of hydrogen-bond acceptors (Lipinski definition) is 5. The van der Waals surface area contributed by atoms with Crippen LogP contribution in [0.25, 0.3) is 0 Å². The van der Waals surface area contributed by atoms with Gasteiger partial charge >= 0.3 is 5.97 Å². The molecule has 1 aliphatic rings. The van der Waals surface area contributed by atoms with Gasteiger partial charge in [-0.25, -0.2) is 4.39 Å². The number of benzene rings is 2. The fourth-order valence-electron chi connectivity index (χ4n) is 2.77. The number of ether oxygens (including phenoxy) is 1. The third kappa shape index (κ3) is 5.14. The quantitative estimate of drug-likeness (QED) is 0.536. The van der Waals surface area contributed by atoms with Crippen molar-refractivity contribution in [3.05, 3.63) is 69.5 Å². The van der Waals surface area contributed by atoms with Gasteiger partial charge in [0.1, 0.15) is 5.82 Å². The van der Waals surface area contributed by atoms with E-state index in [1.807, 2.05) is 0 Å². The van der Waals surface area contributed by atoms with E-state index in [4.69, 9.17) is 27.9 Å². The minimum atomic E-state index is -0.840. The molecule has 0 aliphatic carbocycles. The smallest absolute Gasteiger partial charge is 0.311 e. The van der Waals surface area contributed by atoms with Crippen LogP contribution >= 0.6 is 23.2 Å². The molecule has 2 aromatic rings. The van der Waals surface area contributed by atoms with Crippen molar-refractivity contribution >= 4 is 46.8 Å². The van der Waals surface area contributed by atoms with Crippen molar-refractivity contribution in [1.29, 1.82) is 0 Å². The Morgan fingerprint density at radius 3 is 2.40 bits per heavy atom. The minimum Gasteiger partial charge on any atom is -0.457 e. The maximum Gasteiger partial charge on any atom is 0.311 e. The molecule has 30 heavy (non-hydrogen) atoms. The highest BCUT2D eigenvalue weighted by molar-refractivity contribution is 6.42. The molecule has 0 spiro atoms. The van der Waals surface area contributed by atoms with E-state index in [0.29, 0.717) is 0 Å². The van der Waals surface area contributed by atoms with Gasteiger partial charge in [-0.1, -0.05) is 23.2 Å². The van der Waals surface area contributed by atoms with Gasteiger partial charge in [-0.3, -0.25) is 29.6 Å². The Kier molecular flexibility index (Phi) is 6.69. The summed E-state index contributed by atoms with van der Waals surface area (Å²) in [5, 5.41) is 1.48. The highest BCUT2D eigenvalue weighted by Crippen LogP contribution is 2.23. The molecule has 2 aromatic carbocycles. The molecule has 1 atom stereocenters. The number of ketones is 1. The third-order valence-electron chi connectivity index (χ3n) is 4.39. The molecule has 7 nitrogen and oxygen atoms in total. The van der Waals surface area contributed by atoms with Crippen molar-refractivity contribution in [2.75, 3.05) is 13.2 Å². The second kappa shape index (κ2) is 9.23. The number of carbonyl (C=O) groups is 4. The maximum atomic E-state index is 12.9. The predicted octanol–water partition coefficient (Wildman–Crippen LogP) is 3.05. The summed E-state index contributed by atoms with van der Waals surface area (Å²) >= 11 is 11.7. The number of rotatable bonds is 6. The van der Waals surface area contributed by atoms with Crippen molar-refractivity contribution in [3.63, 3.8) is 0 Å². The standard InChI is InChI=1S/C20H15Cl2FN2O5/c21-15-6-3-12(7-16(15)22)19(28)24-25-9-13(8-18(25)27)20(29)30-10-17(26)11-1-4-14(23)5-2-11/h1-7,13H,8-10H2,(H,24,28). The molecular weight excluding hydrogens is 438 g/mol. The van der Waals surface area contributed by atoms with Gasteiger partial charge in [-0.15, -0.1) is 0 Å². The summed E-state index contributed by atoms with van der Waals surface area (Å²) in [6.07, 6.45) is -0.175. The van der Waals surface area contributed by atoms with Crippen molar-refractivity contribution in [1.82, 2.24) is 10.4 Å². The van der Waals surface area contributed by atoms with E-state index < -0.39 is 41.9 Å². The number of halogens is 3. The monoisotopic (exact) mass is 452 g/mol. The van der Waals surface area contributed by atoms with Crippen LogP contribution in [0.1, 0.15) is 27.1 Å².